The van der Waals surface area contributed by atoms with Gasteiger partial charge in [-0.15, -0.1) is 6.42 Å². The molecule has 16 heavy (non-hydrogen) atoms. The molecule has 1 aromatic rings. The Hall–Kier alpha value is -1.73. The van der Waals surface area contributed by atoms with Gasteiger partial charge in [-0.2, -0.15) is 0 Å². The van der Waals surface area contributed by atoms with Gasteiger partial charge in [-0.25, -0.2) is 0 Å². The van der Waals surface area contributed by atoms with E-state index in [-0.39, 0.29) is 11.7 Å². The largest absolute Gasteiger partial charge is 0.366 e. The number of nitrogens with zero attached hydrogens (tertiary/aromatic N) is 1. The summed E-state index contributed by atoms with van der Waals surface area (Å²) >= 11 is 5.69. The molecule has 0 amide bonds. The molecule has 1 N–H and O–H groups in total. The van der Waals surface area contributed by atoms with E-state index in [1.807, 2.05) is 6.92 Å². The summed E-state index contributed by atoms with van der Waals surface area (Å²) < 4.78 is 0. The molecule has 84 valence electrons. The number of hydrogen-bond acceptors (Lipinski definition) is 3. The van der Waals surface area contributed by atoms with Crippen molar-refractivity contribution in [2.75, 3.05) is 5.32 Å². The van der Waals surface area contributed by atoms with Crippen molar-refractivity contribution in [3.8, 4) is 12.3 Å². The van der Waals surface area contributed by atoms with Crippen LogP contribution in [0.5, 0.6) is 0 Å². The second kappa shape index (κ2) is 5.38. The highest BCUT2D eigenvalue weighted by atomic mass is 35.5. The molecule has 5 heteroatoms. The number of rotatable bonds is 4. The normalized spacial score (nSPS) is 11.6. The van der Waals surface area contributed by atoms with Gasteiger partial charge >= 0.3 is 0 Å². The minimum Gasteiger partial charge on any atom is -0.366 e. The van der Waals surface area contributed by atoms with Crippen LogP contribution in [0.1, 0.15) is 13.3 Å². The Balaban J connectivity index is 3.04. The molecule has 1 aromatic carbocycles. The first kappa shape index (κ1) is 12.3. The molecule has 0 aliphatic heterocycles. The predicted molar refractivity (Wildman–Crippen MR) is 64.6 cm³/mol. The van der Waals surface area contributed by atoms with Crippen LogP contribution in [-0.4, -0.2) is 11.0 Å². The first-order chi connectivity index (χ1) is 7.58. The van der Waals surface area contributed by atoms with E-state index in [4.69, 9.17) is 18.0 Å². The average molecular weight is 239 g/mol. The van der Waals surface area contributed by atoms with Gasteiger partial charge in [-0.3, -0.25) is 10.1 Å². The minimum atomic E-state index is -0.489. The van der Waals surface area contributed by atoms with Gasteiger partial charge in [0.1, 0.15) is 5.69 Å². The van der Waals surface area contributed by atoms with E-state index >= 15 is 0 Å². The molecule has 0 saturated heterocycles. The fourth-order valence-corrected chi connectivity index (χ4v) is 1.39. The number of nitro groups is 1. The van der Waals surface area contributed by atoms with E-state index in [9.17, 15) is 10.1 Å². The van der Waals surface area contributed by atoms with E-state index in [1.165, 1.54) is 6.07 Å². The van der Waals surface area contributed by atoms with Gasteiger partial charge in [-0.05, 0) is 18.6 Å². The first-order valence-electron chi connectivity index (χ1n) is 4.75. The van der Waals surface area contributed by atoms with Crippen molar-refractivity contribution in [2.24, 2.45) is 0 Å². The van der Waals surface area contributed by atoms with Crippen LogP contribution >= 0.6 is 11.6 Å². The van der Waals surface area contributed by atoms with Crippen molar-refractivity contribution in [3.05, 3.63) is 33.3 Å². The SMILES string of the molecule is C#CC(CC)Nc1ccc(Cl)cc1[N+](=O)[O-]. The molecule has 0 heterocycles. The fraction of sp³-hybridized carbons (Fsp3) is 0.273. The van der Waals surface area contributed by atoms with Crippen molar-refractivity contribution < 1.29 is 4.92 Å². The summed E-state index contributed by atoms with van der Waals surface area (Å²) in [7, 11) is 0. The van der Waals surface area contributed by atoms with Crippen LogP contribution in [0.15, 0.2) is 18.2 Å². The zero-order valence-corrected chi connectivity index (χ0v) is 9.49. The zero-order valence-electron chi connectivity index (χ0n) is 8.74. The maximum absolute atomic E-state index is 10.8. The molecule has 1 atom stereocenters. The van der Waals surface area contributed by atoms with Crippen molar-refractivity contribution in [2.45, 2.75) is 19.4 Å². The fourth-order valence-electron chi connectivity index (χ4n) is 1.23. The van der Waals surface area contributed by atoms with Crippen molar-refractivity contribution in [1.82, 2.24) is 0 Å². The van der Waals surface area contributed by atoms with Crippen LogP contribution in [0.3, 0.4) is 0 Å². The lowest BCUT2D eigenvalue weighted by atomic mass is 10.2. The third-order valence-electron chi connectivity index (χ3n) is 2.10. The number of terminal acetylenes is 1. The summed E-state index contributed by atoms with van der Waals surface area (Å²) in [5, 5.41) is 14.0. The Bertz CT molecular complexity index is 440. The van der Waals surface area contributed by atoms with Gasteiger partial charge in [0.15, 0.2) is 0 Å². The first-order valence-corrected chi connectivity index (χ1v) is 5.13. The van der Waals surface area contributed by atoms with Gasteiger partial charge in [0, 0.05) is 11.1 Å². The molecule has 0 aliphatic carbocycles. The summed E-state index contributed by atoms with van der Waals surface area (Å²) in [6.07, 6.45) is 5.97. The molecule has 0 aromatic heterocycles. The Morgan fingerprint density at radius 3 is 2.88 bits per heavy atom. The predicted octanol–water partition coefficient (Wildman–Crippen LogP) is 3.07. The topological polar surface area (TPSA) is 55.2 Å². The van der Waals surface area contributed by atoms with Crippen LogP contribution in [0.2, 0.25) is 5.02 Å². The number of benzene rings is 1. The van der Waals surface area contributed by atoms with Crippen LogP contribution < -0.4 is 5.32 Å². The molecule has 0 aliphatic rings. The molecule has 1 unspecified atom stereocenters. The molecule has 0 bridgehead atoms. The third kappa shape index (κ3) is 2.88. The van der Waals surface area contributed by atoms with Gasteiger partial charge in [0.2, 0.25) is 0 Å². The number of hydrogen-bond donors (Lipinski definition) is 1. The molecule has 4 nitrogen and oxygen atoms in total. The monoisotopic (exact) mass is 238 g/mol. The van der Waals surface area contributed by atoms with Gasteiger partial charge in [0.25, 0.3) is 5.69 Å². The quantitative estimate of drug-likeness (QED) is 0.498. The van der Waals surface area contributed by atoms with Gasteiger partial charge < -0.3 is 5.32 Å². The lowest BCUT2D eigenvalue weighted by molar-refractivity contribution is -0.384. The molecule has 1 rings (SSSR count). The van der Waals surface area contributed by atoms with Crippen molar-refractivity contribution in [1.29, 1.82) is 0 Å². The van der Waals surface area contributed by atoms with E-state index in [0.717, 1.165) is 0 Å². The smallest absolute Gasteiger partial charge is 0.293 e. The van der Waals surface area contributed by atoms with Crippen LogP contribution in [0.4, 0.5) is 11.4 Å². The van der Waals surface area contributed by atoms with E-state index in [1.54, 1.807) is 12.1 Å². The lowest BCUT2D eigenvalue weighted by Crippen LogP contribution is -2.16. The van der Waals surface area contributed by atoms with Crippen LogP contribution in [0.25, 0.3) is 0 Å². The Labute approximate surface area is 98.8 Å². The molecular weight excluding hydrogens is 228 g/mol. The standard InChI is InChI=1S/C11H11ClN2O2/c1-3-9(4-2)13-10-6-5-8(12)7-11(10)14(15)16/h1,5-7,9,13H,4H2,2H3. The van der Waals surface area contributed by atoms with E-state index < -0.39 is 4.92 Å². The third-order valence-corrected chi connectivity index (χ3v) is 2.33. The highest BCUT2D eigenvalue weighted by Crippen LogP contribution is 2.28. The molecule has 0 spiro atoms. The molecule has 0 fully saturated rings. The number of nitrogens with one attached hydrogen (secondary N) is 1. The van der Waals surface area contributed by atoms with E-state index in [0.29, 0.717) is 17.1 Å². The minimum absolute atomic E-state index is 0.0683. The van der Waals surface area contributed by atoms with Crippen molar-refractivity contribution >= 4 is 23.0 Å². The summed E-state index contributed by atoms with van der Waals surface area (Å²) in [6.45, 7) is 1.90. The summed E-state index contributed by atoms with van der Waals surface area (Å²) in [5.74, 6) is 2.51. The van der Waals surface area contributed by atoms with Gasteiger partial charge in [0.05, 0.1) is 11.0 Å². The summed E-state index contributed by atoms with van der Waals surface area (Å²) in [6, 6.07) is 4.22. The highest BCUT2D eigenvalue weighted by Gasteiger charge is 2.15. The Morgan fingerprint density at radius 1 is 1.69 bits per heavy atom. The summed E-state index contributed by atoms with van der Waals surface area (Å²) in [5.41, 5.74) is 0.320. The van der Waals surface area contributed by atoms with Crippen LogP contribution in [-0.2, 0) is 0 Å². The second-order valence-electron chi connectivity index (χ2n) is 3.19. The molecular formula is C11H11ClN2O2. The van der Waals surface area contributed by atoms with Crippen LogP contribution in [0, 0.1) is 22.5 Å². The van der Waals surface area contributed by atoms with E-state index in [2.05, 4.69) is 11.2 Å². The highest BCUT2D eigenvalue weighted by molar-refractivity contribution is 6.30. The maximum atomic E-state index is 10.8. The maximum Gasteiger partial charge on any atom is 0.293 e. The Morgan fingerprint density at radius 2 is 2.38 bits per heavy atom. The van der Waals surface area contributed by atoms with Gasteiger partial charge in [-0.1, -0.05) is 24.4 Å². The molecule has 0 radical (unpaired) electrons. The number of nitro benzene ring substituents is 1. The zero-order chi connectivity index (χ0) is 12.1. The number of anilines is 1. The average Bonchev–Trinajstić information content (AvgIpc) is 2.27. The van der Waals surface area contributed by atoms with Crippen molar-refractivity contribution in [3.63, 3.8) is 0 Å². The molecule has 0 saturated carbocycles. The Kier molecular flexibility index (Phi) is 4.15. The number of halogens is 1. The second-order valence-corrected chi connectivity index (χ2v) is 3.63. The lowest BCUT2D eigenvalue weighted by Gasteiger charge is -2.12. The summed E-state index contributed by atoms with van der Waals surface area (Å²) in [4.78, 5) is 10.3.